The van der Waals surface area contributed by atoms with Crippen molar-refractivity contribution in [2.75, 3.05) is 11.5 Å². The maximum Gasteiger partial charge on any atom is 0.168 e. The molecule has 0 unspecified atom stereocenters. The van der Waals surface area contributed by atoms with Crippen LogP contribution >= 0.6 is 11.8 Å². The van der Waals surface area contributed by atoms with Crippen molar-refractivity contribution in [2.45, 2.75) is 18.4 Å². The first-order valence-corrected chi connectivity index (χ1v) is 6.19. The molecule has 0 atom stereocenters. The molecule has 0 radical (unpaired) electrons. The number of aromatic nitrogens is 3. The molecule has 0 aliphatic rings. The van der Waals surface area contributed by atoms with E-state index < -0.39 is 0 Å². The van der Waals surface area contributed by atoms with Crippen LogP contribution in [0.3, 0.4) is 0 Å². The maximum absolute atomic E-state index is 12.7. The summed E-state index contributed by atoms with van der Waals surface area (Å²) in [7, 11) is 0. The average Bonchev–Trinajstić information content (AvgIpc) is 2.64. The second kappa shape index (κ2) is 5.18. The van der Waals surface area contributed by atoms with E-state index in [1.54, 1.807) is 28.6 Å². The first-order valence-electron chi connectivity index (χ1n) is 5.21. The third kappa shape index (κ3) is 2.97. The quantitative estimate of drug-likeness (QED) is 0.847. The van der Waals surface area contributed by atoms with Gasteiger partial charge in [-0.1, -0.05) is 5.21 Å². The fraction of sp³-hybridized carbons (Fsp3) is 0.273. The van der Waals surface area contributed by atoms with Gasteiger partial charge in [-0.15, -0.1) is 16.9 Å². The minimum atomic E-state index is -0.214. The molecule has 4 nitrogen and oxygen atoms in total. The molecule has 0 spiro atoms. The Morgan fingerprint density at radius 3 is 2.65 bits per heavy atom. The molecule has 6 heteroatoms. The van der Waals surface area contributed by atoms with Crippen molar-refractivity contribution >= 4 is 17.6 Å². The third-order valence-electron chi connectivity index (χ3n) is 2.40. The number of rotatable bonds is 4. The summed E-state index contributed by atoms with van der Waals surface area (Å²) in [5.41, 5.74) is 6.48. The van der Waals surface area contributed by atoms with Crippen LogP contribution in [0, 0.1) is 12.7 Å². The lowest BCUT2D eigenvalue weighted by Gasteiger charge is -2.03. The lowest BCUT2D eigenvalue weighted by atomic mass is 10.4. The Balaban J connectivity index is 1.87. The number of aryl methyl sites for hydroxylation is 1. The molecular formula is C11H13FN4S. The van der Waals surface area contributed by atoms with Gasteiger partial charge in [0.25, 0.3) is 0 Å². The zero-order valence-corrected chi connectivity index (χ0v) is 10.2. The smallest absolute Gasteiger partial charge is 0.168 e. The maximum atomic E-state index is 12.7. The summed E-state index contributed by atoms with van der Waals surface area (Å²) in [4.78, 5) is 1.04. The van der Waals surface area contributed by atoms with Crippen LogP contribution in [0.5, 0.6) is 0 Å². The predicted octanol–water partition coefficient (Wildman–Crippen LogP) is 2.10. The molecule has 2 N–H and O–H groups in total. The van der Waals surface area contributed by atoms with Crippen LogP contribution in [-0.4, -0.2) is 20.7 Å². The molecule has 0 aliphatic carbocycles. The molecule has 1 aromatic heterocycles. The first-order chi connectivity index (χ1) is 8.16. The van der Waals surface area contributed by atoms with Crippen molar-refractivity contribution in [3.05, 3.63) is 35.8 Å². The van der Waals surface area contributed by atoms with Gasteiger partial charge < -0.3 is 5.73 Å². The van der Waals surface area contributed by atoms with Gasteiger partial charge in [0.15, 0.2) is 5.82 Å². The number of hydrogen-bond acceptors (Lipinski definition) is 4. The Kier molecular flexibility index (Phi) is 3.63. The van der Waals surface area contributed by atoms with Crippen molar-refractivity contribution in [3.63, 3.8) is 0 Å². The number of benzene rings is 1. The normalized spacial score (nSPS) is 10.7. The van der Waals surface area contributed by atoms with E-state index >= 15 is 0 Å². The topological polar surface area (TPSA) is 56.7 Å². The van der Waals surface area contributed by atoms with Crippen molar-refractivity contribution < 1.29 is 4.39 Å². The van der Waals surface area contributed by atoms with Gasteiger partial charge in [-0.3, -0.25) is 0 Å². The summed E-state index contributed by atoms with van der Waals surface area (Å²) >= 11 is 1.65. The lowest BCUT2D eigenvalue weighted by Crippen LogP contribution is -2.05. The molecule has 0 saturated heterocycles. The van der Waals surface area contributed by atoms with Crippen molar-refractivity contribution in [3.8, 4) is 0 Å². The number of nitrogens with zero attached hydrogens (tertiary/aromatic N) is 3. The highest BCUT2D eigenvalue weighted by Crippen LogP contribution is 2.18. The first kappa shape index (κ1) is 11.9. The standard InChI is InChI=1S/C11H13FN4S/c1-8-11(13)14-15-16(8)6-7-17-10-4-2-9(12)3-5-10/h2-5H,6-7,13H2,1H3. The van der Waals surface area contributed by atoms with Gasteiger partial charge in [0.2, 0.25) is 0 Å². The molecule has 1 heterocycles. The molecular weight excluding hydrogens is 239 g/mol. The summed E-state index contributed by atoms with van der Waals surface area (Å²) < 4.78 is 14.5. The van der Waals surface area contributed by atoms with Gasteiger partial charge in [-0.25, -0.2) is 9.07 Å². The summed E-state index contributed by atoms with van der Waals surface area (Å²) in [5.74, 6) is 1.10. The average molecular weight is 252 g/mol. The van der Waals surface area contributed by atoms with E-state index in [-0.39, 0.29) is 5.82 Å². The molecule has 0 bridgehead atoms. The lowest BCUT2D eigenvalue weighted by molar-refractivity contribution is 0.616. The largest absolute Gasteiger partial charge is 0.381 e. The molecule has 0 aliphatic heterocycles. The number of anilines is 1. The van der Waals surface area contributed by atoms with Crippen LogP contribution in [0.2, 0.25) is 0 Å². The van der Waals surface area contributed by atoms with Crippen LogP contribution in [0.15, 0.2) is 29.2 Å². The molecule has 0 saturated carbocycles. The Morgan fingerprint density at radius 2 is 2.06 bits per heavy atom. The van der Waals surface area contributed by atoms with Crippen molar-refractivity contribution in [2.24, 2.45) is 0 Å². The highest BCUT2D eigenvalue weighted by molar-refractivity contribution is 7.99. The monoisotopic (exact) mass is 252 g/mol. The minimum absolute atomic E-state index is 0.214. The fourth-order valence-electron chi connectivity index (χ4n) is 1.37. The van der Waals surface area contributed by atoms with Crippen LogP contribution in [0.25, 0.3) is 0 Å². The number of hydrogen-bond donors (Lipinski definition) is 1. The van der Waals surface area contributed by atoms with Gasteiger partial charge >= 0.3 is 0 Å². The summed E-state index contributed by atoms with van der Waals surface area (Å²) in [6.45, 7) is 2.62. The zero-order valence-electron chi connectivity index (χ0n) is 9.43. The molecule has 0 amide bonds. The second-order valence-corrected chi connectivity index (χ2v) is 4.75. The summed E-state index contributed by atoms with van der Waals surface area (Å²) in [6.07, 6.45) is 0. The van der Waals surface area contributed by atoms with E-state index in [9.17, 15) is 4.39 Å². The molecule has 90 valence electrons. The second-order valence-electron chi connectivity index (χ2n) is 3.59. The molecule has 2 aromatic rings. The Morgan fingerprint density at radius 1 is 1.35 bits per heavy atom. The van der Waals surface area contributed by atoms with Gasteiger partial charge in [0.1, 0.15) is 5.82 Å². The molecule has 2 rings (SSSR count). The summed E-state index contributed by atoms with van der Waals surface area (Å²) in [5, 5.41) is 7.71. The van der Waals surface area contributed by atoms with E-state index in [1.807, 2.05) is 6.92 Å². The van der Waals surface area contributed by atoms with Gasteiger partial charge in [-0.2, -0.15) is 0 Å². The third-order valence-corrected chi connectivity index (χ3v) is 3.40. The Hall–Kier alpha value is -1.56. The number of halogens is 1. The highest BCUT2D eigenvalue weighted by Gasteiger charge is 2.04. The number of nitrogen functional groups attached to an aromatic ring is 1. The minimum Gasteiger partial charge on any atom is -0.381 e. The molecule has 17 heavy (non-hydrogen) atoms. The van der Waals surface area contributed by atoms with Crippen LogP contribution < -0.4 is 5.73 Å². The van der Waals surface area contributed by atoms with Gasteiger partial charge in [-0.05, 0) is 31.2 Å². The summed E-state index contributed by atoms with van der Waals surface area (Å²) in [6, 6.07) is 6.45. The fourth-order valence-corrected chi connectivity index (χ4v) is 2.20. The highest BCUT2D eigenvalue weighted by atomic mass is 32.2. The Labute approximate surface area is 103 Å². The molecule has 0 fully saturated rings. The van der Waals surface area contributed by atoms with E-state index in [1.165, 1.54) is 12.1 Å². The van der Waals surface area contributed by atoms with Crippen LogP contribution in [-0.2, 0) is 6.54 Å². The predicted molar refractivity (Wildman–Crippen MR) is 66.3 cm³/mol. The van der Waals surface area contributed by atoms with E-state index in [4.69, 9.17) is 5.73 Å². The number of thioether (sulfide) groups is 1. The zero-order chi connectivity index (χ0) is 12.3. The SMILES string of the molecule is Cc1c(N)nnn1CCSc1ccc(F)cc1. The molecule has 1 aromatic carbocycles. The van der Waals surface area contributed by atoms with E-state index in [2.05, 4.69) is 10.3 Å². The van der Waals surface area contributed by atoms with E-state index in [0.29, 0.717) is 5.82 Å². The van der Waals surface area contributed by atoms with Crippen molar-refractivity contribution in [1.82, 2.24) is 15.0 Å². The number of nitrogens with two attached hydrogens (primary N) is 1. The van der Waals surface area contributed by atoms with Gasteiger partial charge in [0, 0.05) is 10.6 Å². The Bertz CT molecular complexity index is 495. The van der Waals surface area contributed by atoms with Gasteiger partial charge in [0.05, 0.1) is 12.2 Å². The van der Waals surface area contributed by atoms with Crippen molar-refractivity contribution in [1.29, 1.82) is 0 Å². The van der Waals surface area contributed by atoms with E-state index in [0.717, 1.165) is 22.9 Å². The van der Waals surface area contributed by atoms with Crippen LogP contribution in [0.4, 0.5) is 10.2 Å². The van der Waals surface area contributed by atoms with Crippen LogP contribution in [0.1, 0.15) is 5.69 Å².